The number of amides is 1. The van der Waals surface area contributed by atoms with Gasteiger partial charge in [0.25, 0.3) is 0 Å². The molecule has 2 nitrogen and oxygen atoms in total. The van der Waals surface area contributed by atoms with Crippen LogP contribution in [0.25, 0.3) is 0 Å². The summed E-state index contributed by atoms with van der Waals surface area (Å²) in [4.78, 5) is 10.5. The second-order valence-electron chi connectivity index (χ2n) is 2.05. The van der Waals surface area contributed by atoms with Crippen LogP contribution in [0, 0.1) is 0 Å². The Bertz CT molecular complexity index is 218. The summed E-state index contributed by atoms with van der Waals surface area (Å²) in [6.07, 6.45) is 0. The van der Waals surface area contributed by atoms with Gasteiger partial charge in [-0.25, -0.2) is 0 Å². The lowest BCUT2D eigenvalue weighted by molar-refractivity contribution is -0.114. The van der Waals surface area contributed by atoms with Crippen LogP contribution in [0.1, 0.15) is 6.92 Å². The molecule has 0 aromatic heterocycles. The summed E-state index contributed by atoms with van der Waals surface area (Å²) in [7, 11) is 0. The molecule has 0 radical (unpaired) electrons. The molecule has 10 heavy (non-hydrogen) atoms. The minimum atomic E-state index is -0.0359. The van der Waals surface area contributed by atoms with Crippen LogP contribution >= 0.6 is 0 Å². The maximum absolute atomic E-state index is 10.5. The molecular weight excluding hydrogens is 127 g/mol. The Morgan fingerprint density at radius 1 is 1.30 bits per heavy atom. The number of hydrogen-bond donors (Lipinski definition) is 1. The normalized spacial score (nSPS) is 8.90. The van der Waals surface area contributed by atoms with E-state index < -0.39 is 0 Å². The van der Waals surface area contributed by atoms with Gasteiger partial charge in [0, 0.05) is 12.6 Å². The molecule has 0 aliphatic heterocycles. The van der Waals surface area contributed by atoms with Crippen molar-refractivity contribution < 1.29 is 4.79 Å². The molecule has 1 aromatic rings. The van der Waals surface area contributed by atoms with Gasteiger partial charge >= 0.3 is 0 Å². The van der Waals surface area contributed by atoms with E-state index in [1.807, 2.05) is 30.3 Å². The number of carbonyl (C=O) groups is 1. The van der Waals surface area contributed by atoms with Gasteiger partial charge in [0.15, 0.2) is 0 Å². The summed E-state index contributed by atoms with van der Waals surface area (Å²) >= 11 is 0. The standard InChI is InChI=1S/C8H9NO/c1-7(10)9-8-5-3-2-4-6-8/h2-6H,1H3,(H,9,10)/i8+1. The quantitative estimate of drug-likeness (QED) is 0.624. The maximum atomic E-state index is 10.5. The molecule has 0 fully saturated rings. The fraction of sp³-hybridized carbons (Fsp3) is 0.125. The first-order valence-electron chi connectivity index (χ1n) is 3.11. The highest BCUT2D eigenvalue weighted by atomic mass is 16.1. The van der Waals surface area contributed by atoms with Gasteiger partial charge < -0.3 is 5.32 Å². The Hall–Kier alpha value is -1.31. The second-order valence-corrected chi connectivity index (χ2v) is 2.05. The molecule has 52 valence electrons. The highest BCUT2D eigenvalue weighted by Gasteiger charge is 1.90. The van der Waals surface area contributed by atoms with E-state index in [0.29, 0.717) is 0 Å². The monoisotopic (exact) mass is 136 g/mol. The predicted molar refractivity (Wildman–Crippen MR) is 40.7 cm³/mol. The Balaban J connectivity index is 2.67. The first-order chi connectivity index (χ1) is 4.79. The number of carbonyl (C=O) groups excluding carboxylic acids is 1. The van der Waals surface area contributed by atoms with Crippen molar-refractivity contribution in [3.63, 3.8) is 0 Å². The summed E-state index contributed by atoms with van der Waals surface area (Å²) in [5, 5.41) is 2.67. The molecule has 0 saturated heterocycles. The molecule has 0 atom stereocenters. The van der Waals surface area contributed by atoms with Gasteiger partial charge in [0.2, 0.25) is 5.91 Å². The number of benzene rings is 1. The number of anilines is 1. The molecule has 1 amide bonds. The number of rotatable bonds is 1. The Labute approximate surface area is 59.9 Å². The molecule has 1 rings (SSSR count). The van der Waals surface area contributed by atoms with E-state index in [9.17, 15) is 4.79 Å². The SMILES string of the molecule is CC(=O)N[13c]1ccccc1. The van der Waals surface area contributed by atoms with Crippen molar-refractivity contribution in [2.75, 3.05) is 5.32 Å². The second kappa shape index (κ2) is 3.01. The van der Waals surface area contributed by atoms with Crippen molar-refractivity contribution in [3.8, 4) is 0 Å². The van der Waals surface area contributed by atoms with E-state index in [4.69, 9.17) is 0 Å². The van der Waals surface area contributed by atoms with Crippen LogP contribution in [0.15, 0.2) is 30.3 Å². The van der Waals surface area contributed by atoms with Crippen LogP contribution in [0.3, 0.4) is 0 Å². The molecule has 0 aliphatic rings. The minimum Gasteiger partial charge on any atom is -0.326 e. The first kappa shape index (κ1) is 6.81. The van der Waals surface area contributed by atoms with Crippen molar-refractivity contribution in [1.29, 1.82) is 0 Å². The third-order valence-corrected chi connectivity index (χ3v) is 1.09. The van der Waals surface area contributed by atoms with Crippen molar-refractivity contribution in [2.45, 2.75) is 6.92 Å². The van der Waals surface area contributed by atoms with Gasteiger partial charge in [-0.05, 0) is 12.1 Å². The summed E-state index contributed by atoms with van der Waals surface area (Å²) in [6.45, 7) is 1.49. The fourth-order valence-corrected chi connectivity index (χ4v) is 0.725. The highest BCUT2D eigenvalue weighted by molar-refractivity contribution is 5.88. The zero-order valence-corrected chi connectivity index (χ0v) is 5.79. The average Bonchev–Trinajstić information content (AvgIpc) is 1.88. The van der Waals surface area contributed by atoms with Crippen molar-refractivity contribution in [1.82, 2.24) is 0 Å². The fourth-order valence-electron chi connectivity index (χ4n) is 0.725. The Morgan fingerprint density at radius 3 is 2.40 bits per heavy atom. The van der Waals surface area contributed by atoms with Crippen LogP contribution in [0.4, 0.5) is 5.69 Å². The van der Waals surface area contributed by atoms with E-state index in [-0.39, 0.29) is 5.91 Å². The molecule has 0 saturated carbocycles. The molecule has 0 spiro atoms. The highest BCUT2D eigenvalue weighted by Crippen LogP contribution is 2.03. The zero-order chi connectivity index (χ0) is 7.40. The van der Waals surface area contributed by atoms with Gasteiger partial charge in [-0.3, -0.25) is 4.79 Å². The van der Waals surface area contributed by atoms with E-state index in [1.54, 1.807) is 0 Å². The lowest BCUT2D eigenvalue weighted by Gasteiger charge is -1.98. The van der Waals surface area contributed by atoms with E-state index in [2.05, 4.69) is 5.32 Å². The van der Waals surface area contributed by atoms with E-state index in [1.165, 1.54) is 6.92 Å². The molecule has 1 aromatic carbocycles. The Morgan fingerprint density at radius 2 is 1.90 bits per heavy atom. The molecule has 0 bridgehead atoms. The maximum Gasteiger partial charge on any atom is 0.221 e. The molecule has 0 unspecified atom stereocenters. The van der Waals surface area contributed by atoms with Crippen LogP contribution < -0.4 is 5.32 Å². The lowest BCUT2D eigenvalue weighted by Crippen LogP contribution is -2.04. The van der Waals surface area contributed by atoms with Gasteiger partial charge in [-0.2, -0.15) is 0 Å². The lowest BCUT2D eigenvalue weighted by atomic mass is 10.4. The summed E-state index contributed by atoms with van der Waals surface area (Å²) in [6, 6.07) is 9.37. The van der Waals surface area contributed by atoms with Crippen LogP contribution in [-0.4, -0.2) is 5.91 Å². The van der Waals surface area contributed by atoms with E-state index in [0.717, 1.165) is 5.69 Å². The first-order valence-corrected chi connectivity index (χ1v) is 3.11. The smallest absolute Gasteiger partial charge is 0.221 e. The zero-order valence-electron chi connectivity index (χ0n) is 5.79. The Kier molecular flexibility index (Phi) is 2.05. The number of nitrogens with one attached hydrogen (secondary N) is 1. The van der Waals surface area contributed by atoms with Gasteiger partial charge in [0.1, 0.15) is 0 Å². The molecule has 2 heteroatoms. The van der Waals surface area contributed by atoms with Crippen molar-refractivity contribution >= 4 is 11.6 Å². The average molecular weight is 136 g/mol. The van der Waals surface area contributed by atoms with Gasteiger partial charge in [0.05, 0.1) is 0 Å². The van der Waals surface area contributed by atoms with Crippen LogP contribution in [-0.2, 0) is 4.79 Å². The van der Waals surface area contributed by atoms with Crippen LogP contribution in [0.2, 0.25) is 0 Å². The predicted octanol–water partition coefficient (Wildman–Crippen LogP) is 1.64. The van der Waals surface area contributed by atoms with E-state index >= 15 is 0 Å². The van der Waals surface area contributed by atoms with Gasteiger partial charge in [-0.15, -0.1) is 0 Å². The largest absolute Gasteiger partial charge is 0.326 e. The van der Waals surface area contributed by atoms with Crippen LogP contribution in [0.5, 0.6) is 0 Å². The summed E-state index contributed by atoms with van der Waals surface area (Å²) in [5.74, 6) is -0.0359. The topological polar surface area (TPSA) is 29.1 Å². The molecule has 0 heterocycles. The summed E-state index contributed by atoms with van der Waals surface area (Å²) in [5.41, 5.74) is 0.843. The molecular formula is C8H9NO. The molecule has 0 aliphatic carbocycles. The van der Waals surface area contributed by atoms with Gasteiger partial charge in [-0.1, -0.05) is 18.2 Å². The van der Waals surface area contributed by atoms with Crippen molar-refractivity contribution in [2.24, 2.45) is 0 Å². The summed E-state index contributed by atoms with van der Waals surface area (Å²) < 4.78 is 0. The third kappa shape index (κ3) is 1.90. The van der Waals surface area contributed by atoms with Crippen molar-refractivity contribution in [3.05, 3.63) is 30.3 Å². The molecule has 1 N–H and O–H groups in total. The number of para-hydroxylation sites is 1. The third-order valence-electron chi connectivity index (χ3n) is 1.09. The number of hydrogen-bond acceptors (Lipinski definition) is 1. The minimum absolute atomic E-state index is 0.0359.